The van der Waals surface area contributed by atoms with Crippen LogP contribution >= 0.6 is 21.6 Å². The average molecular weight is 225 g/mol. The van der Waals surface area contributed by atoms with Gasteiger partial charge in [-0.05, 0) is 12.3 Å². The summed E-state index contributed by atoms with van der Waals surface area (Å²) in [6, 6.07) is 2.15. The molecule has 0 aliphatic heterocycles. The van der Waals surface area contributed by atoms with Crippen LogP contribution in [0.1, 0.15) is 5.69 Å². The lowest BCUT2D eigenvalue weighted by molar-refractivity contribution is 0.892. The molecule has 0 bridgehead atoms. The van der Waals surface area contributed by atoms with Crippen molar-refractivity contribution in [3.05, 3.63) is 24.3 Å². The van der Waals surface area contributed by atoms with E-state index in [9.17, 15) is 0 Å². The molecule has 14 heavy (non-hydrogen) atoms. The molecule has 2 rings (SSSR count). The fourth-order valence-corrected chi connectivity index (χ4v) is 2.62. The molecule has 0 spiro atoms. The maximum atomic E-state index is 4.25. The highest BCUT2D eigenvalue weighted by atomic mass is 33.1. The van der Waals surface area contributed by atoms with Crippen LogP contribution in [0.25, 0.3) is 11.0 Å². The summed E-state index contributed by atoms with van der Waals surface area (Å²) in [6.07, 6.45) is 5.54. The molecule has 0 aliphatic rings. The van der Waals surface area contributed by atoms with Crippen molar-refractivity contribution >= 4 is 32.6 Å². The first-order valence-electron chi connectivity index (χ1n) is 4.23. The lowest BCUT2D eigenvalue weighted by Gasteiger charge is -2.00. The normalized spacial score (nSPS) is 11.0. The monoisotopic (exact) mass is 225 g/mol. The first-order valence-corrected chi connectivity index (χ1v) is 6.95. The highest BCUT2D eigenvalue weighted by Gasteiger charge is 2.05. The molecule has 0 saturated carbocycles. The highest BCUT2D eigenvalue weighted by molar-refractivity contribution is 8.76. The van der Waals surface area contributed by atoms with Crippen molar-refractivity contribution in [1.82, 2.24) is 14.5 Å². The Morgan fingerprint density at radius 3 is 3.07 bits per heavy atom. The van der Waals surface area contributed by atoms with Crippen molar-refractivity contribution in [1.29, 1.82) is 0 Å². The Hall–Kier alpha value is -0.680. The van der Waals surface area contributed by atoms with E-state index in [1.54, 1.807) is 17.1 Å². The van der Waals surface area contributed by atoms with Gasteiger partial charge in [-0.15, -0.1) is 0 Å². The molecule has 0 N–H and O–H groups in total. The molecule has 2 aromatic rings. The molecule has 5 heteroatoms. The van der Waals surface area contributed by atoms with Crippen molar-refractivity contribution in [2.75, 3.05) is 6.26 Å². The van der Waals surface area contributed by atoms with Crippen LogP contribution in [0.15, 0.2) is 18.6 Å². The number of aromatic nitrogens is 3. The fraction of sp³-hybridized carbons (Fsp3) is 0.333. The number of fused-ring (bicyclic) bond motifs is 1. The average Bonchev–Trinajstić information content (AvgIpc) is 2.54. The van der Waals surface area contributed by atoms with Gasteiger partial charge in [-0.3, -0.25) is 0 Å². The van der Waals surface area contributed by atoms with Crippen molar-refractivity contribution in [2.45, 2.75) is 5.75 Å². The minimum absolute atomic E-state index is 1.01. The zero-order valence-corrected chi connectivity index (χ0v) is 9.73. The molecule has 0 saturated heterocycles. The first-order chi connectivity index (χ1) is 6.83. The van der Waals surface area contributed by atoms with Crippen LogP contribution in [0.4, 0.5) is 0 Å². The van der Waals surface area contributed by atoms with Crippen LogP contribution in [0.3, 0.4) is 0 Å². The van der Waals surface area contributed by atoms with E-state index in [4.69, 9.17) is 0 Å². The number of aryl methyl sites for hydroxylation is 1. The van der Waals surface area contributed by atoms with Crippen LogP contribution in [0.5, 0.6) is 0 Å². The Balaban J connectivity index is 2.41. The quantitative estimate of drug-likeness (QED) is 0.751. The molecule has 74 valence electrons. The van der Waals surface area contributed by atoms with Gasteiger partial charge in [0.1, 0.15) is 12.0 Å². The van der Waals surface area contributed by atoms with Gasteiger partial charge < -0.3 is 4.57 Å². The topological polar surface area (TPSA) is 30.7 Å². The fourth-order valence-electron chi connectivity index (χ4n) is 1.39. The van der Waals surface area contributed by atoms with Crippen molar-refractivity contribution < 1.29 is 0 Å². The Bertz CT molecular complexity index is 439. The summed E-state index contributed by atoms with van der Waals surface area (Å²) in [5, 5.41) is 1.12. The summed E-state index contributed by atoms with van der Waals surface area (Å²) in [6.45, 7) is 0. The molecule has 0 amide bonds. The maximum absolute atomic E-state index is 4.25. The molecule has 0 unspecified atom stereocenters. The zero-order valence-electron chi connectivity index (χ0n) is 8.10. The van der Waals surface area contributed by atoms with E-state index in [0.29, 0.717) is 0 Å². The minimum atomic E-state index is 1.01. The maximum Gasteiger partial charge on any atom is 0.143 e. The molecule has 2 heterocycles. The lowest BCUT2D eigenvalue weighted by atomic mass is 10.4. The SMILES string of the molecule is CSSCc1cc2cncnc2n1C. The lowest BCUT2D eigenvalue weighted by Crippen LogP contribution is -1.94. The number of nitrogens with zero attached hydrogens (tertiary/aromatic N) is 3. The second-order valence-electron chi connectivity index (χ2n) is 2.93. The van der Waals surface area contributed by atoms with Gasteiger partial charge in [0.05, 0.1) is 0 Å². The molecule has 0 radical (unpaired) electrons. The van der Waals surface area contributed by atoms with E-state index in [0.717, 1.165) is 16.8 Å². The van der Waals surface area contributed by atoms with Gasteiger partial charge in [-0.1, -0.05) is 21.6 Å². The smallest absolute Gasteiger partial charge is 0.143 e. The largest absolute Gasteiger partial charge is 0.332 e. The molecule has 0 aromatic carbocycles. The Morgan fingerprint density at radius 2 is 2.36 bits per heavy atom. The van der Waals surface area contributed by atoms with E-state index >= 15 is 0 Å². The van der Waals surface area contributed by atoms with E-state index in [1.807, 2.05) is 24.0 Å². The summed E-state index contributed by atoms with van der Waals surface area (Å²) < 4.78 is 2.13. The van der Waals surface area contributed by atoms with Crippen LogP contribution in [0, 0.1) is 0 Å². The van der Waals surface area contributed by atoms with Gasteiger partial charge in [0.15, 0.2) is 0 Å². The minimum Gasteiger partial charge on any atom is -0.332 e. The molecule has 0 aliphatic carbocycles. The highest BCUT2D eigenvalue weighted by Crippen LogP contribution is 2.25. The van der Waals surface area contributed by atoms with E-state index in [2.05, 4.69) is 26.9 Å². The molecule has 0 atom stereocenters. The predicted molar refractivity (Wildman–Crippen MR) is 63.3 cm³/mol. The summed E-state index contributed by atoms with van der Waals surface area (Å²) in [7, 11) is 5.67. The number of rotatable bonds is 3. The second kappa shape index (κ2) is 4.23. The third kappa shape index (κ3) is 1.74. The van der Waals surface area contributed by atoms with E-state index in [-0.39, 0.29) is 0 Å². The Morgan fingerprint density at radius 1 is 1.50 bits per heavy atom. The standard InChI is InChI=1S/C9H11N3S2/c1-12-8(5-14-13-2)3-7-4-10-6-11-9(7)12/h3-4,6H,5H2,1-2H3. The van der Waals surface area contributed by atoms with Crippen LogP contribution in [0.2, 0.25) is 0 Å². The first kappa shape index (κ1) is 9.86. The van der Waals surface area contributed by atoms with Crippen molar-refractivity contribution in [2.24, 2.45) is 7.05 Å². The zero-order chi connectivity index (χ0) is 9.97. The summed E-state index contributed by atoms with van der Waals surface area (Å²) >= 11 is 0. The summed E-state index contributed by atoms with van der Waals surface area (Å²) in [4.78, 5) is 8.26. The van der Waals surface area contributed by atoms with Crippen LogP contribution in [-0.4, -0.2) is 20.8 Å². The van der Waals surface area contributed by atoms with Crippen LogP contribution in [-0.2, 0) is 12.8 Å². The van der Waals surface area contributed by atoms with Gasteiger partial charge in [0, 0.05) is 30.1 Å². The molecular formula is C9H11N3S2. The molecule has 2 aromatic heterocycles. The predicted octanol–water partition coefficient (Wildman–Crippen LogP) is 2.48. The third-order valence-corrected chi connectivity index (χ3v) is 3.82. The summed E-state index contributed by atoms with van der Waals surface area (Å²) in [5.41, 5.74) is 2.30. The van der Waals surface area contributed by atoms with Crippen molar-refractivity contribution in [3.63, 3.8) is 0 Å². The van der Waals surface area contributed by atoms with Crippen LogP contribution < -0.4 is 0 Å². The Labute approximate surface area is 90.7 Å². The van der Waals surface area contributed by atoms with Gasteiger partial charge >= 0.3 is 0 Å². The number of hydrogen-bond donors (Lipinski definition) is 0. The van der Waals surface area contributed by atoms with Gasteiger partial charge in [0.25, 0.3) is 0 Å². The molecular weight excluding hydrogens is 214 g/mol. The van der Waals surface area contributed by atoms with Crippen molar-refractivity contribution in [3.8, 4) is 0 Å². The van der Waals surface area contributed by atoms with E-state index < -0.39 is 0 Å². The van der Waals surface area contributed by atoms with E-state index in [1.165, 1.54) is 5.69 Å². The summed E-state index contributed by atoms with van der Waals surface area (Å²) in [5.74, 6) is 1.01. The molecule has 0 fully saturated rings. The van der Waals surface area contributed by atoms with Gasteiger partial charge in [-0.2, -0.15) is 0 Å². The third-order valence-electron chi connectivity index (χ3n) is 2.11. The Kier molecular flexibility index (Phi) is 2.98. The molecule has 3 nitrogen and oxygen atoms in total. The second-order valence-corrected chi connectivity index (χ2v) is 5.49. The number of hydrogen-bond acceptors (Lipinski definition) is 4. The van der Waals surface area contributed by atoms with Gasteiger partial charge in [0.2, 0.25) is 0 Å². The van der Waals surface area contributed by atoms with Gasteiger partial charge in [-0.25, -0.2) is 9.97 Å².